The van der Waals surface area contributed by atoms with Gasteiger partial charge in [0.1, 0.15) is 0 Å². The van der Waals surface area contributed by atoms with E-state index in [1.165, 1.54) is 0 Å². The monoisotopic (exact) mass is 267 g/mol. The Balaban J connectivity index is 2.04. The van der Waals surface area contributed by atoms with Crippen molar-refractivity contribution >= 4 is 23.7 Å². The molecule has 5 heteroatoms. The SMILES string of the molecule is CN1CCN(Cc2cccc(NC=O)c2Cl)CC1. The fraction of sp³-hybridized carbons (Fsp3) is 0.462. The van der Waals surface area contributed by atoms with Gasteiger partial charge in [-0.25, -0.2) is 0 Å². The molecule has 0 unspecified atom stereocenters. The smallest absolute Gasteiger partial charge is 0.211 e. The highest BCUT2D eigenvalue weighted by molar-refractivity contribution is 6.34. The van der Waals surface area contributed by atoms with E-state index >= 15 is 0 Å². The zero-order valence-corrected chi connectivity index (χ0v) is 11.3. The molecule has 1 aliphatic rings. The summed E-state index contributed by atoms with van der Waals surface area (Å²) in [6, 6.07) is 5.74. The number of likely N-dealkylation sites (N-methyl/N-ethyl adjacent to an activating group) is 1. The molecule has 0 saturated carbocycles. The summed E-state index contributed by atoms with van der Waals surface area (Å²) in [6.45, 7) is 5.12. The van der Waals surface area contributed by atoms with Crippen molar-refractivity contribution in [2.45, 2.75) is 6.54 Å². The van der Waals surface area contributed by atoms with E-state index in [9.17, 15) is 4.79 Å². The summed E-state index contributed by atoms with van der Waals surface area (Å²) >= 11 is 6.28. The number of hydrogen-bond donors (Lipinski definition) is 1. The van der Waals surface area contributed by atoms with Gasteiger partial charge in [-0.15, -0.1) is 0 Å². The number of carbonyl (C=O) groups excluding carboxylic acids is 1. The first-order chi connectivity index (χ1) is 8.70. The second-order valence-electron chi connectivity index (χ2n) is 4.62. The Bertz CT molecular complexity index is 417. The van der Waals surface area contributed by atoms with E-state index in [0.717, 1.165) is 38.3 Å². The zero-order valence-electron chi connectivity index (χ0n) is 10.5. The minimum Gasteiger partial charge on any atom is -0.327 e. The number of benzene rings is 1. The molecular weight excluding hydrogens is 250 g/mol. The zero-order chi connectivity index (χ0) is 13.0. The molecule has 0 spiro atoms. The quantitative estimate of drug-likeness (QED) is 0.843. The molecule has 0 radical (unpaired) electrons. The molecule has 1 saturated heterocycles. The minimum atomic E-state index is 0.642. The van der Waals surface area contributed by atoms with Gasteiger partial charge in [-0.3, -0.25) is 9.69 Å². The number of rotatable bonds is 4. The summed E-state index contributed by atoms with van der Waals surface area (Å²) in [7, 11) is 2.14. The molecule has 0 atom stereocenters. The van der Waals surface area contributed by atoms with Crippen LogP contribution in [0.5, 0.6) is 0 Å². The summed E-state index contributed by atoms with van der Waals surface area (Å²) in [5, 5.41) is 3.26. The number of nitrogens with zero attached hydrogens (tertiary/aromatic N) is 2. The number of piperazine rings is 1. The van der Waals surface area contributed by atoms with Gasteiger partial charge in [-0.05, 0) is 18.7 Å². The Labute approximate surface area is 113 Å². The van der Waals surface area contributed by atoms with Gasteiger partial charge < -0.3 is 10.2 Å². The van der Waals surface area contributed by atoms with Crippen molar-refractivity contribution in [3.8, 4) is 0 Å². The van der Waals surface area contributed by atoms with Gasteiger partial charge in [0.2, 0.25) is 6.41 Å². The predicted octanol–water partition coefficient (Wildman–Crippen LogP) is 1.66. The van der Waals surface area contributed by atoms with Crippen LogP contribution in [0.1, 0.15) is 5.56 Å². The summed E-state index contributed by atoms with van der Waals surface area (Å²) in [5.41, 5.74) is 1.74. The molecule has 0 aromatic heterocycles. The summed E-state index contributed by atoms with van der Waals surface area (Å²) in [4.78, 5) is 15.2. The molecule has 4 nitrogen and oxygen atoms in total. The largest absolute Gasteiger partial charge is 0.327 e. The fourth-order valence-corrected chi connectivity index (χ4v) is 2.36. The number of carbonyl (C=O) groups is 1. The summed E-state index contributed by atoms with van der Waals surface area (Å²) < 4.78 is 0. The van der Waals surface area contributed by atoms with Gasteiger partial charge in [0.05, 0.1) is 10.7 Å². The summed E-state index contributed by atoms with van der Waals surface area (Å²) in [5.74, 6) is 0. The maximum Gasteiger partial charge on any atom is 0.211 e. The van der Waals surface area contributed by atoms with E-state index in [-0.39, 0.29) is 0 Å². The van der Waals surface area contributed by atoms with Gasteiger partial charge in [0.25, 0.3) is 0 Å². The van der Waals surface area contributed by atoms with Crippen molar-refractivity contribution in [2.75, 3.05) is 38.5 Å². The highest BCUT2D eigenvalue weighted by atomic mass is 35.5. The molecule has 1 aromatic rings. The average molecular weight is 268 g/mol. The maximum atomic E-state index is 10.5. The van der Waals surface area contributed by atoms with Crippen molar-refractivity contribution in [3.05, 3.63) is 28.8 Å². The average Bonchev–Trinajstić information content (AvgIpc) is 2.37. The molecule has 1 aromatic carbocycles. The van der Waals surface area contributed by atoms with Crippen LogP contribution in [0.15, 0.2) is 18.2 Å². The van der Waals surface area contributed by atoms with E-state index in [0.29, 0.717) is 17.1 Å². The Hall–Kier alpha value is -1.10. The molecular formula is C13H18ClN3O. The first kappa shape index (κ1) is 13.3. The molecule has 1 fully saturated rings. The lowest BCUT2D eigenvalue weighted by Gasteiger charge is -2.32. The van der Waals surface area contributed by atoms with Crippen LogP contribution >= 0.6 is 11.6 Å². The normalized spacial score (nSPS) is 17.7. The van der Waals surface area contributed by atoms with Crippen LogP contribution in [0.25, 0.3) is 0 Å². The van der Waals surface area contributed by atoms with E-state index in [4.69, 9.17) is 11.6 Å². The van der Waals surface area contributed by atoms with Crippen molar-refractivity contribution in [1.29, 1.82) is 0 Å². The Kier molecular flexibility index (Phi) is 4.58. The van der Waals surface area contributed by atoms with Crippen LogP contribution in [0.3, 0.4) is 0 Å². The van der Waals surface area contributed by atoms with Gasteiger partial charge in [0.15, 0.2) is 0 Å². The van der Waals surface area contributed by atoms with Crippen molar-refractivity contribution < 1.29 is 4.79 Å². The van der Waals surface area contributed by atoms with Crippen LogP contribution in [0.2, 0.25) is 5.02 Å². The van der Waals surface area contributed by atoms with Gasteiger partial charge in [-0.2, -0.15) is 0 Å². The standard InChI is InChI=1S/C13H18ClN3O/c1-16-5-7-17(8-6-16)9-11-3-2-4-12(13(11)14)15-10-18/h2-4,10H,5-9H2,1H3,(H,15,18). The summed E-state index contributed by atoms with van der Waals surface area (Å²) in [6.07, 6.45) is 0.654. The second kappa shape index (κ2) is 6.18. The molecule has 1 aliphatic heterocycles. The van der Waals surface area contributed by atoms with Crippen LogP contribution in [-0.2, 0) is 11.3 Å². The lowest BCUT2D eigenvalue weighted by Crippen LogP contribution is -2.43. The Morgan fingerprint density at radius 3 is 2.72 bits per heavy atom. The van der Waals surface area contributed by atoms with Crippen molar-refractivity contribution in [3.63, 3.8) is 0 Å². The van der Waals surface area contributed by atoms with Crippen molar-refractivity contribution in [2.24, 2.45) is 0 Å². The van der Waals surface area contributed by atoms with Gasteiger partial charge in [-0.1, -0.05) is 23.7 Å². The highest BCUT2D eigenvalue weighted by Gasteiger charge is 2.15. The first-order valence-electron chi connectivity index (χ1n) is 6.09. The van der Waals surface area contributed by atoms with Crippen LogP contribution in [-0.4, -0.2) is 49.4 Å². The van der Waals surface area contributed by atoms with Gasteiger partial charge in [0, 0.05) is 32.7 Å². The van der Waals surface area contributed by atoms with E-state index in [1.54, 1.807) is 0 Å². The molecule has 1 heterocycles. The van der Waals surface area contributed by atoms with Crippen LogP contribution in [0, 0.1) is 0 Å². The third kappa shape index (κ3) is 3.22. The van der Waals surface area contributed by atoms with Crippen LogP contribution < -0.4 is 5.32 Å². The lowest BCUT2D eigenvalue weighted by molar-refractivity contribution is -0.105. The fourth-order valence-electron chi connectivity index (χ4n) is 2.12. The molecule has 2 rings (SSSR count). The maximum absolute atomic E-state index is 10.5. The molecule has 1 N–H and O–H groups in total. The molecule has 1 amide bonds. The highest BCUT2D eigenvalue weighted by Crippen LogP contribution is 2.26. The van der Waals surface area contributed by atoms with E-state index in [2.05, 4.69) is 22.2 Å². The number of halogens is 1. The topological polar surface area (TPSA) is 35.6 Å². The first-order valence-corrected chi connectivity index (χ1v) is 6.47. The third-order valence-corrected chi connectivity index (χ3v) is 3.73. The number of amides is 1. The van der Waals surface area contributed by atoms with Crippen molar-refractivity contribution in [1.82, 2.24) is 9.80 Å². The Morgan fingerprint density at radius 2 is 2.06 bits per heavy atom. The molecule has 0 bridgehead atoms. The minimum absolute atomic E-state index is 0.642. The van der Waals surface area contributed by atoms with E-state index < -0.39 is 0 Å². The molecule has 0 aliphatic carbocycles. The van der Waals surface area contributed by atoms with Crippen LogP contribution in [0.4, 0.5) is 5.69 Å². The second-order valence-corrected chi connectivity index (χ2v) is 5.00. The molecule has 98 valence electrons. The number of nitrogens with one attached hydrogen (secondary N) is 1. The lowest BCUT2D eigenvalue weighted by atomic mass is 10.1. The van der Waals surface area contributed by atoms with E-state index in [1.807, 2.05) is 18.2 Å². The number of anilines is 1. The third-order valence-electron chi connectivity index (χ3n) is 3.28. The number of hydrogen-bond acceptors (Lipinski definition) is 3. The molecule has 18 heavy (non-hydrogen) atoms. The predicted molar refractivity (Wildman–Crippen MR) is 73.9 cm³/mol. The van der Waals surface area contributed by atoms with Gasteiger partial charge >= 0.3 is 0 Å². The Morgan fingerprint density at radius 1 is 1.33 bits per heavy atom.